The Bertz CT molecular complexity index is 1270. The zero-order chi connectivity index (χ0) is 19.0. The summed E-state index contributed by atoms with van der Waals surface area (Å²) < 4.78 is 51.5. The molecule has 0 saturated heterocycles. The average molecular weight is 406 g/mol. The molecule has 0 atom stereocenters. The van der Waals surface area contributed by atoms with E-state index >= 15 is 0 Å². The third-order valence-corrected chi connectivity index (χ3v) is 5.84. The van der Waals surface area contributed by atoms with Gasteiger partial charge >= 0.3 is 5.76 Å². The monoisotopic (exact) mass is 406 g/mol. The van der Waals surface area contributed by atoms with Gasteiger partial charge in [0.25, 0.3) is 10.0 Å². The van der Waals surface area contributed by atoms with Crippen molar-refractivity contribution >= 4 is 37.8 Å². The van der Waals surface area contributed by atoms with Crippen molar-refractivity contribution in [2.75, 3.05) is 4.72 Å². The summed E-state index contributed by atoms with van der Waals surface area (Å²) in [4.78, 5) is 15.2. The third-order valence-electron chi connectivity index (χ3n) is 3.78. The fraction of sp³-hybridized carbons (Fsp3) is 0.0625. The number of nitrogens with one attached hydrogen (secondary N) is 1. The minimum atomic E-state index is -4.26. The Balaban J connectivity index is 1.78. The molecular formula is C16H11FN4O4S2. The molecule has 0 unspecified atom stereocenters. The second-order valence-corrected chi connectivity index (χ2v) is 7.97. The molecular weight excluding hydrogens is 395 g/mol. The second-order valence-electron chi connectivity index (χ2n) is 5.54. The van der Waals surface area contributed by atoms with Crippen molar-refractivity contribution in [1.82, 2.24) is 13.9 Å². The molecule has 27 heavy (non-hydrogen) atoms. The number of oxazole rings is 1. The minimum absolute atomic E-state index is 0.00222. The highest BCUT2D eigenvalue weighted by Gasteiger charge is 2.24. The quantitative estimate of drug-likeness (QED) is 0.546. The average Bonchev–Trinajstić information content (AvgIpc) is 3.23. The van der Waals surface area contributed by atoms with Gasteiger partial charge in [-0.15, -0.1) is 0 Å². The number of anilines is 1. The Kier molecular flexibility index (Phi) is 4.24. The summed E-state index contributed by atoms with van der Waals surface area (Å²) in [6.45, 7) is 0.168. The number of hydrogen-bond donors (Lipinski definition) is 1. The zero-order valence-corrected chi connectivity index (χ0v) is 15.1. The number of hydrogen-bond acceptors (Lipinski definition) is 7. The minimum Gasteiger partial charge on any atom is -0.408 e. The van der Waals surface area contributed by atoms with E-state index < -0.39 is 26.5 Å². The van der Waals surface area contributed by atoms with Gasteiger partial charge in [0.15, 0.2) is 5.58 Å². The van der Waals surface area contributed by atoms with Crippen LogP contribution in [0.3, 0.4) is 0 Å². The van der Waals surface area contributed by atoms with Crippen molar-refractivity contribution in [2.24, 2.45) is 0 Å². The van der Waals surface area contributed by atoms with E-state index in [0.717, 1.165) is 29.2 Å². The van der Waals surface area contributed by atoms with Gasteiger partial charge in [-0.2, -0.15) is 4.37 Å². The number of aromatic nitrogens is 3. The summed E-state index contributed by atoms with van der Waals surface area (Å²) in [6.07, 6.45) is 1.17. The molecule has 2 heterocycles. The maximum atomic E-state index is 14.6. The van der Waals surface area contributed by atoms with E-state index in [0.29, 0.717) is 0 Å². The summed E-state index contributed by atoms with van der Waals surface area (Å²) in [5, 5.41) is -0.00222. The van der Waals surface area contributed by atoms with Gasteiger partial charge in [0.05, 0.1) is 12.1 Å². The van der Waals surface area contributed by atoms with Crippen LogP contribution in [0.4, 0.5) is 9.52 Å². The van der Waals surface area contributed by atoms with Crippen molar-refractivity contribution in [3.05, 3.63) is 70.7 Å². The molecule has 0 radical (unpaired) electrons. The van der Waals surface area contributed by atoms with Crippen LogP contribution in [-0.2, 0) is 16.6 Å². The second kappa shape index (κ2) is 6.59. The van der Waals surface area contributed by atoms with Crippen LogP contribution in [-0.4, -0.2) is 22.3 Å². The van der Waals surface area contributed by atoms with E-state index in [1.54, 1.807) is 0 Å². The summed E-state index contributed by atoms with van der Waals surface area (Å²) in [5.41, 5.74) is 0.948. The molecule has 1 N–H and O–H groups in total. The maximum absolute atomic E-state index is 14.6. The van der Waals surface area contributed by atoms with Gasteiger partial charge in [-0.1, -0.05) is 30.3 Å². The van der Waals surface area contributed by atoms with Crippen LogP contribution in [0.5, 0.6) is 0 Å². The lowest BCUT2D eigenvalue weighted by molar-refractivity contribution is 0.516. The van der Waals surface area contributed by atoms with E-state index in [1.165, 1.54) is 10.9 Å². The lowest BCUT2D eigenvalue weighted by Crippen LogP contribution is -2.16. The number of sulfonamides is 1. The molecule has 0 aliphatic heterocycles. The van der Waals surface area contributed by atoms with Crippen molar-refractivity contribution in [2.45, 2.75) is 11.4 Å². The van der Waals surface area contributed by atoms with Gasteiger partial charge in [-0.3, -0.25) is 9.29 Å². The molecule has 0 aliphatic carbocycles. The van der Waals surface area contributed by atoms with Crippen LogP contribution in [0.1, 0.15) is 5.56 Å². The van der Waals surface area contributed by atoms with Gasteiger partial charge < -0.3 is 4.42 Å². The van der Waals surface area contributed by atoms with Crippen molar-refractivity contribution in [3.63, 3.8) is 0 Å². The number of fused-ring (bicyclic) bond motifs is 1. The third kappa shape index (κ3) is 3.34. The zero-order valence-electron chi connectivity index (χ0n) is 13.5. The Hall–Kier alpha value is -3.05. The van der Waals surface area contributed by atoms with E-state index in [1.807, 2.05) is 30.3 Å². The van der Waals surface area contributed by atoms with Crippen molar-refractivity contribution in [1.29, 1.82) is 0 Å². The fourth-order valence-electron chi connectivity index (χ4n) is 2.57. The number of rotatable bonds is 5. The lowest BCUT2D eigenvalue weighted by Gasteiger charge is -2.07. The van der Waals surface area contributed by atoms with Crippen LogP contribution >= 0.6 is 11.5 Å². The Labute approximate surface area is 156 Å². The molecule has 0 saturated carbocycles. The van der Waals surface area contributed by atoms with Gasteiger partial charge in [0.2, 0.25) is 5.13 Å². The topological polar surface area (TPSA) is 107 Å². The van der Waals surface area contributed by atoms with Crippen molar-refractivity contribution in [3.8, 4) is 0 Å². The fourth-order valence-corrected chi connectivity index (χ4v) is 4.31. The summed E-state index contributed by atoms with van der Waals surface area (Å²) in [5.74, 6) is -1.72. The number of benzene rings is 2. The molecule has 0 fully saturated rings. The van der Waals surface area contributed by atoms with Crippen LogP contribution in [0.25, 0.3) is 11.1 Å². The molecule has 4 aromatic rings. The molecule has 11 heteroatoms. The molecule has 2 aromatic carbocycles. The molecule has 0 aliphatic rings. The van der Waals surface area contributed by atoms with Crippen LogP contribution in [0.2, 0.25) is 0 Å². The lowest BCUT2D eigenvalue weighted by atomic mass is 10.2. The molecule has 138 valence electrons. The first-order valence-electron chi connectivity index (χ1n) is 7.60. The van der Waals surface area contributed by atoms with E-state index in [2.05, 4.69) is 14.1 Å². The molecule has 0 amide bonds. The highest BCUT2D eigenvalue weighted by molar-refractivity contribution is 7.93. The van der Waals surface area contributed by atoms with E-state index in [-0.39, 0.29) is 22.8 Å². The van der Waals surface area contributed by atoms with E-state index in [9.17, 15) is 17.6 Å². The number of nitrogens with zero attached hydrogens (tertiary/aromatic N) is 3. The summed E-state index contributed by atoms with van der Waals surface area (Å²) in [7, 11) is -4.26. The first-order valence-corrected chi connectivity index (χ1v) is 9.86. The molecule has 0 spiro atoms. The standard InChI is InChI=1S/C16H11FN4O4S2/c17-11-6-12-13(7-14(11)27(23,24)20-15-18-9-19-26-15)25-16(22)21(12)8-10-4-2-1-3-5-10/h1-7,9H,8H2,(H,18,19,20). The predicted octanol–water partition coefficient (Wildman–Crippen LogP) is 2.43. The van der Waals surface area contributed by atoms with E-state index in [4.69, 9.17) is 4.42 Å². The van der Waals surface area contributed by atoms with Gasteiger partial charge in [-0.05, 0) is 5.56 Å². The molecule has 4 rings (SSSR count). The summed E-state index contributed by atoms with van der Waals surface area (Å²) in [6, 6.07) is 11.0. The van der Waals surface area contributed by atoms with Crippen LogP contribution < -0.4 is 10.5 Å². The summed E-state index contributed by atoms with van der Waals surface area (Å²) >= 11 is 0.810. The Morgan fingerprint density at radius 2 is 2.00 bits per heavy atom. The number of halogens is 1. The smallest absolute Gasteiger partial charge is 0.408 e. The van der Waals surface area contributed by atoms with Gasteiger partial charge in [0, 0.05) is 23.7 Å². The van der Waals surface area contributed by atoms with Gasteiger partial charge in [0.1, 0.15) is 17.0 Å². The van der Waals surface area contributed by atoms with Crippen LogP contribution in [0, 0.1) is 5.82 Å². The largest absolute Gasteiger partial charge is 0.420 e. The molecule has 8 nitrogen and oxygen atoms in total. The van der Waals surface area contributed by atoms with Crippen molar-refractivity contribution < 1.29 is 17.2 Å². The molecule has 2 aromatic heterocycles. The maximum Gasteiger partial charge on any atom is 0.420 e. The SMILES string of the molecule is O=c1oc2cc(S(=O)(=O)Nc3ncns3)c(F)cc2n1Cc1ccccc1. The first kappa shape index (κ1) is 17.4. The molecule has 0 bridgehead atoms. The Morgan fingerprint density at radius 1 is 1.22 bits per heavy atom. The highest BCUT2D eigenvalue weighted by atomic mass is 32.2. The Morgan fingerprint density at radius 3 is 2.70 bits per heavy atom. The highest BCUT2D eigenvalue weighted by Crippen LogP contribution is 2.25. The van der Waals surface area contributed by atoms with Crippen LogP contribution in [0.15, 0.2) is 62.9 Å². The van der Waals surface area contributed by atoms with Gasteiger partial charge in [-0.25, -0.2) is 22.6 Å². The normalized spacial score (nSPS) is 11.7. The predicted molar refractivity (Wildman–Crippen MR) is 96.7 cm³/mol. The first-order chi connectivity index (χ1) is 12.9.